The van der Waals surface area contributed by atoms with E-state index < -0.39 is 0 Å². The van der Waals surface area contributed by atoms with Crippen LogP contribution in [-0.2, 0) is 6.54 Å². The van der Waals surface area contributed by atoms with E-state index in [9.17, 15) is 4.39 Å². The summed E-state index contributed by atoms with van der Waals surface area (Å²) >= 11 is 0. The third-order valence-corrected chi connectivity index (χ3v) is 3.71. The zero-order valence-corrected chi connectivity index (χ0v) is 11.0. The van der Waals surface area contributed by atoms with Crippen LogP contribution in [0, 0.1) is 17.1 Å². The minimum absolute atomic E-state index is 0.204. The van der Waals surface area contributed by atoms with Crippen LogP contribution in [0.25, 0.3) is 0 Å². The van der Waals surface area contributed by atoms with Gasteiger partial charge in [0.15, 0.2) is 0 Å². The molecule has 0 radical (unpaired) electrons. The second kappa shape index (κ2) is 5.98. The lowest BCUT2D eigenvalue weighted by molar-refractivity contribution is 0.382. The van der Waals surface area contributed by atoms with Crippen LogP contribution in [0.5, 0.6) is 0 Å². The van der Waals surface area contributed by atoms with E-state index in [-0.39, 0.29) is 5.82 Å². The van der Waals surface area contributed by atoms with Crippen LogP contribution < -0.4 is 0 Å². The Kier molecular flexibility index (Phi) is 4.34. The molecule has 0 heterocycles. The molecule has 0 bridgehead atoms. The number of hydrogen-bond acceptors (Lipinski definition) is 1. The molecule has 1 aromatic rings. The first-order chi connectivity index (χ1) is 8.66. The summed E-state index contributed by atoms with van der Waals surface area (Å²) in [6, 6.07) is 6.64. The largest absolute Gasteiger partial charge is 0.359 e. The van der Waals surface area contributed by atoms with Gasteiger partial charge >= 0.3 is 0 Å². The van der Waals surface area contributed by atoms with E-state index >= 15 is 0 Å². The van der Waals surface area contributed by atoms with Crippen molar-refractivity contribution in [3.05, 3.63) is 35.6 Å². The third-order valence-electron chi connectivity index (χ3n) is 3.71. The fourth-order valence-electron chi connectivity index (χ4n) is 2.68. The molecule has 1 N–H and O–H groups in total. The van der Waals surface area contributed by atoms with Gasteiger partial charge in [0.25, 0.3) is 0 Å². The monoisotopic (exact) mass is 248 g/mol. The Labute approximate surface area is 108 Å². The number of amidine groups is 1. The lowest BCUT2D eigenvalue weighted by Crippen LogP contribution is -2.33. The maximum absolute atomic E-state index is 13.1. The molecule has 0 amide bonds. The van der Waals surface area contributed by atoms with Crippen LogP contribution >= 0.6 is 0 Å². The maximum atomic E-state index is 13.1. The summed E-state index contributed by atoms with van der Waals surface area (Å²) in [5.74, 6) is 0.904. The molecule has 1 aliphatic carbocycles. The highest BCUT2D eigenvalue weighted by atomic mass is 19.1. The van der Waals surface area contributed by atoms with Crippen LogP contribution in [0.4, 0.5) is 4.39 Å². The molecule has 98 valence electrons. The molecule has 0 aromatic heterocycles. The van der Waals surface area contributed by atoms with Gasteiger partial charge in [0.2, 0.25) is 0 Å². The molecule has 0 aliphatic heterocycles. The van der Waals surface area contributed by atoms with E-state index in [4.69, 9.17) is 5.41 Å². The summed E-state index contributed by atoms with van der Waals surface area (Å²) in [4.78, 5) is 1.95. The van der Waals surface area contributed by atoms with Crippen molar-refractivity contribution >= 4 is 5.84 Å². The van der Waals surface area contributed by atoms with Crippen LogP contribution in [-0.4, -0.2) is 17.8 Å². The van der Waals surface area contributed by atoms with Gasteiger partial charge in [0.05, 0.1) is 5.84 Å². The Morgan fingerprint density at radius 2 is 2.06 bits per heavy atom. The quantitative estimate of drug-likeness (QED) is 0.639. The van der Waals surface area contributed by atoms with E-state index in [0.717, 1.165) is 18.4 Å². The molecule has 3 heteroatoms. The maximum Gasteiger partial charge on any atom is 0.123 e. The summed E-state index contributed by atoms with van der Waals surface area (Å²) in [6.07, 6.45) is 6.04. The molecule has 2 rings (SSSR count). The molecule has 1 saturated carbocycles. The average Bonchev–Trinajstić information content (AvgIpc) is 2.39. The number of hydrogen-bond donors (Lipinski definition) is 1. The summed E-state index contributed by atoms with van der Waals surface area (Å²) in [5.41, 5.74) is 0.929. The van der Waals surface area contributed by atoms with E-state index in [0.29, 0.717) is 18.3 Å². The van der Waals surface area contributed by atoms with Gasteiger partial charge in [-0.25, -0.2) is 4.39 Å². The van der Waals surface area contributed by atoms with Gasteiger partial charge in [-0.1, -0.05) is 31.4 Å². The van der Waals surface area contributed by atoms with Crippen LogP contribution in [0.3, 0.4) is 0 Å². The highest BCUT2D eigenvalue weighted by molar-refractivity contribution is 5.81. The van der Waals surface area contributed by atoms with Gasteiger partial charge in [0, 0.05) is 19.5 Å². The minimum Gasteiger partial charge on any atom is -0.359 e. The van der Waals surface area contributed by atoms with Gasteiger partial charge in [-0.05, 0) is 30.5 Å². The van der Waals surface area contributed by atoms with E-state index in [1.165, 1.54) is 25.3 Å². The van der Waals surface area contributed by atoms with Crippen molar-refractivity contribution < 1.29 is 4.39 Å². The second-order valence-electron chi connectivity index (χ2n) is 5.21. The fraction of sp³-hybridized carbons (Fsp3) is 0.533. The van der Waals surface area contributed by atoms with Crippen molar-refractivity contribution in [2.45, 2.75) is 38.6 Å². The minimum atomic E-state index is -0.204. The van der Waals surface area contributed by atoms with E-state index in [1.54, 1.807) is 12.1 Å². The fourth-order valence-corrected chi connectivity index (χ4v) is 2.68. The highest BCUT2D eigenvalue weighted by Gasteiger charge is 2.20. The van der Waals surface area contributed by atoms with Crippen molar-refractivity contribution in [2.24, 2.45) is 5.92 Å². The number of halogens is 1. The van der Waals surface area contributed by atoms with Crippen molar-refractivity contribution in [3.8, 4) is 0 Å². The Morgan fingerprint density at radius 3 is 2.72 bits per heavy atom. The van der Waals surface area contributed by atoms with Crippen LogP contribution in [0.2, 0.25) is 0 Å². The first-order valence-corrected chi connectivity index (χ1v) is 6.71. The van der Waals surface area contributed by atoms with Crippen molar-refractivity contribution in [1.29, 1.82) is 5.41 Å². The Morgan fingerprint density at radius 1 is 1.33 bits per heavy atom. The first-order valence-electron chi connectivity index (χ1n) is 6.71. The SMILES string of the molecule is CN(Cc1cccc(F)c1)C(=N)C1CCCCC1. The summed E-state index contributed by atoms with van der Waals surface area (Å²) in [7, 11) is 1.93. The Bertz CT molecular complexity index is 411. The first kappa shape index (κ1) is 13.1. The molecule has 0 saturated heterocycles. The van der Waals surface area contributed by atoms with Crippen molar-refractivity contribution in [2.75, 3.05) is 7.05 Å². The average molecular weight is 248 g/mol. The van der Waals surface area contributed by atoms with Gasteiger partial charge < -0.3 is 4.90 Å². The number of nitrogens with one attached hydrogen (secondary N) is 1. The molecule has 0 spiro atoms. The topological polar surface area (TPSA) is 27.1 Å². The van der Waals surface area contributed by atoms with Crippen molar-refractivity contribution in [1.82, 2.24) is 4.90 Å². The lowest BCUT2D eigenvalue weighted by Gasteiger charge is -2.29. The summed E-state index contributed by atoms with van der Waals surface area (Å²) in [6.45, 7) is 0.618. The summed E-state index contributed by atoms with van der Waals surface area (Å²) < 4.78 is 13.1. The number of nitrogens with zero attached hydrogens (tertiary/aromatic N) is 1. The number of benzene rings is 1. The molecule has 0 atom stereocenters. The molecule has 0 unspecified atom stereocenters. The van der Waals surface area contributed by atoms with Gasteiger partial charge in [-0.3, -0.25) is 5.41 Å². The molecule has 1 fully saturated rings. The highest BCUT2D eigenvalue weighted by Crippen LogP contribution is 2.25. The zero-order valence-electron chi connectivity index (χ0n) is 11.0. The Hall–Kier alpha value is -1.38. The van der Waals surface area contributed by atoms with Crippen LogP contribution in [0.1, 0.15) is 37.7 Å². The standard InChI is InChI=1S/C15H21FN2/c1-18(11-12-6-5-9-14(16)10-12)15(17)13-7-3-2-4-8-13/h5-6,9-10,13,17H,2-4,7-8,11H2,1H3. The zero-order chi connectivity index (χ0) is 13.0. The lowest BCUT2D eigenvalue weighted by atomic mass is 9.88. The molecule has 18 heavy (non-hydrogen) atoms. The molecular formula is C15H21FN2. The van der Waals surface area contributed by atoms with E-state index in [2.05, 4.69) is 0 Å². The van der Waals surface area contributed by atoms with Gasteiger partial charge in [-0.2, -0.15) is 0 Å². The molecule has 2 nitrogen and oxygen atoms in total. The van der Waals surface area contributed by atoms with Gasteiger partial charge in [0.1, 0.15) is 5.82 Å². The van der Waals surface area contributed by atoms with Crippen LogP contribution in [0.15, 0.2) is 24.3 Å². The number of rotatable bonds is 3. The molecular weight excluding hydrogens is 227 g/mol. The van der Waals surface area contributed by atoms with Crippen molar-refractivity contribution in [3.63, 3.8) is 0 Å². The van der Waals surface area contributed by atoms with E-state index in [1.807, 2.05) is 18.0 Å². The molecule has 1 aromatic carbocycles. The second-order valence-corrected chi connectivity index (χ2v) is 5.21. The predicted molar refractivity (Wildman–Crippen MR) is 72.2 cm³/mol. The third kappa shape index (κ3) is 3.31. The summed E-state index contributed by atoms with van der Waals surface area (Å²) in [5, 5.41) is 8.22. The smallest absolute Gasteiger partial charge is 0.123 e. The Balaban J connectivity index is 1.94. The van der Waals surface area contributed by atoms with Gasteiger partial charge in [-0.15, -0.1) is 0 Å². The predicted octanol–water partition coefficient (Wildman–Crippen LogP) is 3.82. The normalized spacial score (nSPS) is 16.6. The molecule has 1 aliphatic rings.